The average molecular weight is 265 g/mol. The van der Waals surface area contributed by atoms with Crippen molar-refractivity contribution >= 4 is 5.69 Å². The van der Waals surface area contributed by atoms with Gasteiger partial charge < -0.3 is 19.5 Å². The predicted octanol–water partition coefficient (Wildman–Crippen LogP) is 1.70. The van der Waals surface area contributed by atoms with Gasteiger partial charge in [0.05, 0.1) is 32.3 Å². The van der Waals surface area contributed by atoms with Crippen molar-refractivity contribution < 1.29 is 14.6 Å². The van der Waals surface area contributed by atoms with Crippen LogP contribution in [-0.4, -0.2) is 45.6 Å². The Balaban J connectivity index is 2.12. The minimum atomic E-state index is -0.0962. The summed E-state index contributed by atoms with van der Waals surface area (Å²) in [5.41, 5.74) is 2.26. The number of hydrogen-bond acceptors (Lipinski definition) is 4. The van der Waals surface area contributed by atoms with Gasteiger partial charge >= 0.3 is 0 Å². The second-order valence-corrected chi connectivity index (χ2v) is 5.36. The summed E-state index contributed by atoms with van der Waals surface area (Å²) >= 11 is 0. The molecule has 1 aromatic carbocycles. The lowest BCUT2D eigenvalue weighted by molar-refractivity contribution is -0.130. The van der Waals surface area contributed by atoms with Crippen LogP contribution in [0.15, 0.2) is 18.2 Å². The fourth-order valence-corrected chi connectivity index (χ4v) is 2.50. The number of hydrogen-bond donors (Lipinski definition) is 1. The van der Waals surface area contributed by atoms with Crippen LogP contribution in [0, 0.1) is 5.41 Å². The zero-order valence-corrected chi connectivity index (χ0v) is 12.0. The standard InChI is InChI=1S/C15H23NO3/c1-4-12-7-13(5-6-14(12)18-3)16(2)8-15(9-17)10-19-11-15/h5-7,17H,4,8-11H2,1-3H3. The Labute approximate surface area is 114 Å². The van der Waals surface area contributed by atoms with Gasteiger partial charge in [0.15, 0.2) is 0 Å². The van der Waals surface area contributed by atoms with Crippen molar-refractivity contribution in [1.82, 2.24) is 0 Å². The van der Waals surface area contributed by atoms with Crippen LogP contribution >= 0.6 is 0 Å². The topological polar surface area (TPSA) is 41.9 Å². The molecule has 19 heavy (non-hydrogen) atoms. The third-order valence-electron chi connectivity index (χ3n) is 3.81. The van der Waals surface area contributed by atoms with Crippen molar-refractivity contribution in [1.29, 1.82) is 0 Å². The molecule has 1 fully saturated rings. The van der Waals surface area contributed by atoms with E-state index in [9.17, 15) is 5.11 Å². The number of aliphatic hydroxyl groups is 1. The Bertz CT molecular complexity index is 424. The predicted molar refractivity (Wildman–Crippen MR) is 76.0 cm³/mol. The normalized spacial score (nSPS) is 16.8. The Kier molecular flexibility index (Phi) is 4.32. The first-order valence-corrected chi connectivity index (χ1v) is 6.71. The molecule has 0 radical (unpaired) electrons. The Morgan fingerprint density at radius 3 is 2.63 bits per heavy atom. The molecule has 1 aromatic rings. The molecule has 4 nitrogen and oxygen atoms in total. The summed E-state index contributed by atoms with van der Waals surface area (Å²) in [4.78, 5) is 2.18. The largest absolute Gasteiger partial charge is 0.496 e. The van der Waals surface area contributed by atoms with Crippen LogP contribution in [0.2, 0.25) is 0 Å². The second kappa shape index (κ2) is 5.80. The average Bonchev–Trinajstić information content (AvgIpc) is 2.41. The van der Waals surface area contributed by atoms with Crippen molar-refractivity contribution in [2.45, 2.75) is 13.3 Å². The first-order valence-electron chi connectivity index (χ1n) is 6.71. The number of nitrogens with zero attached hydrogens (tertiary/aromatic N) is 1. The highest BCUT2D eigenvalue weighted by Gasteiger charge is 2.39. The van der Waals surface area contributed by atoms with Gasteiger partial charge in [-0.05, 0) is 30.2 Å². The molecule has 106 valence electrons. The summed E-state index contributed by atoms with van der Waals surface area (Å²) in [6.45, 7) is 4.39. The number of rotatable bonds is 6. The smallest absolute Gasteiger partial charge is 0.122 e. The molecule has 0 bridgehead atoms. The molecule has 4 heteroatoms. The lowest BCUT2D eigenvalue weighted by Crippen LogP contribution is -2.52. The molecular formula is C15H23NO3. The minimum absolute atomic E-state index is 0.0962. The maximum Gasteiger partial charge on any atom is 0.122 e. The van der Waals surface area contributed by atoms with Gasteiger partial charge in [-0.2, -0.15) is 0 Å². The van der Waals surface area contributed by atoms with Crippen molar-refractivity contribution in [3.8, 4) is 5.75 Å². The number of aliphatic hydroxyl groups excluding tert-OH is 1. The molecule has 1 N–H and O–H groups in total. The number of anilines is 1. The molecule has 1 heterocycles. The fraction of sp³-hybridized carbons (Fsp3) is 0.600. The van der Waals surface area contributed by atoms with E-state index >= 15 is 0 Å². The van der Waals surface area contributed by atoms with E-state index in [1.54, 1.807) is 7.11 Å². The van der Waals surface area contributed by atoms with Crippen LogP contribution in [0.5, 0.6) is 5.75 Å². The van der Waals surface area contributed by atoms with E-state index in [1.165, 1.54) is 5.56 Å². The summed E-state index contributed by atoms with van der Waals surface area (Å²) in [6.07, 6.45) is 0.944. The van der Waals surface area contributed by atoms with Gasteiger partial charge in [-0.15, -0.1) is 0 Å². The zero-order valence-electron chi connectivity index (χ0n) is 12.0. The SMILES string of the molecule is CCc1cc(N(C)CC2(CO)COC2)ccc1OC. The second-order valence-electron chi connectivity index (χ2n) is 5.36. The third kappa shape index (κ3) is 2.85. The molecule has 0 amide bonds. The molecule has 1 saturated heterocycles. The minimum Gasteiger partial charge on any atom is -0.496 e. The van der Waals surface area contributed by atoms with E-state index in [0.29, 0.717) is 13.2 Å². The van der Waals surface area contributed by atoms with E-state index < -0.39 is 0 Å². The van der Waals surface area contributed by atoms with Gasteiger partial charge in [-0.25, -0.2) is 0 Å². The summed E-state index contributed by atoms with van der Waals surface area (Å²) in [5, 5.41) is 9.49. The lowest BCUT2D eigenvalue weighted by atomic mass is 9.86. The highest BCUT2D eigenvalue weighted by Crippen LogP contribution is 2.31. The maximum atomic E-state index is 9.49. The monoisotopic (exact) mass is 265 g/mol. The molecule has 1 aliphatic rings. The quantitative estimate of drug-likeness (QED) is 0.850. The van der Waals surface area contributed by atoms with Gasteiger partial charge in [0.1, 0.15) is 5.75 Å². The van der Waals surface area contributed by atoms with E-state index in [4.69, 9.17) is 9.47 Å². The molecular weight excluding hydrogens is 242 g/mol. The Morgan fingerprint density at radius 1 is 1.42 bits per heavy atom. The maximum absolute atomic E-state index is 9.49. The summed E-state index contributed by atoms with van der Waals surface area (Å²) < 4.78 is 10.6. The molecule has 0 atom stereocenters. The molecule has 2 rings (SSSR count). The van der Waals surface area contributed by atoms with Gasteiger partial charge in [-0.1, -0.05) is 6.92 Å². The molecule has 0 aliphatic carbocycles. The Morgan fingerprint density at radius 2 is 2.16 bits per heavy atom. The number of aryl methyl sites for hydroxylation is 1. The van der Waals surface area contributed by atoms with E-state index in [0.717, 1.165) is 24.4 Å². The Hall–Kier alpha value is -1.26. The zero-order chi connectivity index (χ0) is 13.9. The van der Waals surface area contributed by atoms with Crippen LogP contribution in [0.4, 0.5) is 5.69 Å². The summed E-state index contributed by atoms with van der Waals surface area (Å²) in [6, 6.07) is 6.22. The number of methoxy groups -OCH3 is 1. The van der Waals surface area contributed by atoms with Gasteiger partial charge in [0.25, 0.3) is 0 Å². The van der Waals surface area contributed by atoms with Crippen molar-refractivity contribution in [2.24, 2.45) is 5.41 Å². The van der Waals surface area contributed by atoms with Crippen LogP contribution in [0.3, 0.4) is 0 Å². The number of ether oxygens (including phenoxy) is 2. The first-order chi connectivity index (χ1) is 9.14. The highest BCUT2D eigenvalue weighted by atomic mass is 16.5. The van der Waals surface area contributed by atoms with Crippen LogP contribution in [0.25, 0.3) is 0 Å². The van der Waals surface area contributed by atoms with Gasteiger partial charge in [0.2, 0.25) is 0 Å². The molecule has 0 unspecified atom stereocenters. The van der Waals surface area contributed by atoms with E-state index in [1.807, 2.05) is 6.07 Å². The van der Waals surface area contributed by atoms with Crippen LogP contribution in [0.1, 0.15) is 12.5 Å². The van der Waals surface area contributed by atoms with Crippen molar-refractivity contribution in [3.63, 3.8) is 0 Å². The fourth-order valence-electron chi connectivity index (χ4n) is 2.50. The van der Waals surface area contributed by atoms with E-state index in [-0.39, 0.29) is 12.0 Å². The van der Waals surface area contributed by atoms with E-state index in [2.05, 4.69) is 31.0 Å². The summed E-state index contributed by atoms with van der Waals surface area (Å²) in [7, 11) is 3.75. The molecule has 0 saturated carbocycles. The van der Waals surface area contributed by atoms with Gasteiger partial charge in [0, 0.05) is 19.3 Å². The van der Waals surface area contributed by atoms with Crippen LogP contribution in [-0.2, 0) is 11.2 Å². The molecule has 0 spiro atoms. The lowest BCUT2D eigenvalue weighted by Gasteiger charge is -2.42. The van der Waals surface area contributed by atoms with Crippen molar-refractivity contribution in [3.05, 3.63) is 23.8 Å². The van der Waals surface area contributed by atoms with Crippen LogP contribution < -0.4 is 9.64 Å². The molecule has 1 aliphatic heterocycles. The third-order valence-corrected chi connectivity index (χ3v) is 3.81. The first kappa shape index (κ1) is 14.2. The highest BCUT2D eigenvalue weighted by molar-refractivity contribution is 5.53. The summed E-state index contributed by atoms with van der Waals surface area (Å²) in [5.74, 6) is 0.934. The number of benzene rings is 1. The van der Waals surface area contributed by atoms with Crippen molar-refractivity contribution in [2.75, 3.05) is 45.4 Å². The van der Waals surface area contributed by atoms with Gasteiger partial charge in [-0.3, -0.25) is 0 Å². The molecule has 0 aromatic heterocycles.